The Kier molecular flexibility index (Phi) is 3.63. The minimum absolute atomic E-state index is 0.153. The molecule has 0 spiro atoms. The zero-order chi connectivity index (χ0) is 11.5. The van der Waals surface area contributed by atoms with Crippen LogP contribution < -0.4 is 0 Å². The largest absolute Gasteiger partial charge is 0.449 e. The van der Waals surface area contributed by atoms with Crippen LogP contribution in [0.15, 0.2) is 39.5 Å². The first-order valence-electron chi connectivity index (χ1n) is 5.38. The van der Waals surface area contributed by atoms with E-state index in [1.807, 2.05) is 30.3 Å². The summed E-state index contributed by atoms with van der Waals surface area (Å²) in [7, 11) is 0. The second-order valence-corrected chi connectivity index (χ2v) is 4.93. The highest BCUT2D eigenvalue weighted by molar-refractivity contribution is 14.1. The van der Waals surface area contributed by atoms with Crippen LogP contribution in [0.3, 0.4) is 0 Å². The quantitative estimate of drug-likeness (QED) is 0.624. The standard InChI is InChI=1S/C13H13IO2/c1-2-6-10-11(14)12(16-13(10)15)9-7-4-3-5-8-9/h3-5,7-8,12H,2,6H2,1H3. The SMILES string of the molecule is CCCC1=C(I)C(c2ccccc2)OC1=O. The minimum atomic E-state index is -0.184. The third-order valence-electron chi connectivity index (χ3n) is 2.59. The molecular weight excluding hydrogens is 315 g/mol. The second-order valence-electron chi connectivity index (χ2n) is 3.77. The first-order chi connectivity index (χ1) is 7.74. The van der Waals surface area contributed by atoms with Gasteiger partial charge < -0.3 is 4.74 Å². The predicted octanol–water partition coefficient (Wildman–Crippen LogP) is 3.77. The Balaban J connectivity index is 2.30. The van der Waals surface area contributed by atoms with Crippen molar-refractivity contribution in [3.63, 3.8) is 0 Å². The van der Waals surface area contributed by atoms with Gasteiger partial charge in [0.2, 0.25) is 0 Å². The van der Waals surface area contributed by atoms with Gasteiger partial charge in [0.25, 0.3) is 0 Å². The maximum atomic E-state index is 11.7. The van der Waals surface area contributed by atoms with E-state index in [0.29, 0.717) is 0 Å². The molecule has 0 aliphatic carbocycles. The van der Waals surface area contributed by atoms with E-state index in [-0.39, 0.29) is 12.1 Å². The number of rotatable bonds is 3. The molecule has 2 rings (SSSR count). The molecule has 0 N–H and O–H groups in total. The molecule has 0 saturated carbocycles. The fraction of sp³-hybridized carbons (Fsp3) is 0.308. The van der Waals surface area contributed by atoms with Crippen LogP contribution in [-0.2, 0) is 9.53 Å². The normalized spacial score (nSPS) is 20.1. The summed E-state index contributed by atoms with van der Waals surface area (Å²) in [5.41, 5.74) is 1.89. The van der Waals surface area contributed by atoms with E-state index < -0.39 is 0 Å². The van der Waals surface area contributed by atoms with Crippen LogP contribution in [0, 0.1) is 0 Å². The van der Waals surface area contributed by atoms with E-state index in [1.165, 1.54) is 0 Å². The van der Waals surface area contributed by atoms with E-state index in [2.05, 4.69) is 29.5 Å². The maximum absolute atomic E-state index is 11.7. The molecule has 1 aliphatic rings. The van der Waals surface area contributed by atoms with E-state index in [0.717, 1.165) is 27.6 Å². The van der Waals surface area contributed by atoms with Gasteiger partial charge >= 0.3 is 5.97 Å². The van der Waals surface area contributed by atoms with Crippen molar-refractivity contribution in [1.29, 1.82) is 0 Å². The number of carbonyl (C=O) groups is 1. The summed E-state index contributed by atoms with van der Waals surface area (Å²) in [6.45, 7) is 2.07. The molecule has 1 unspecified atom stereocenters. The summed E-state index contributed by atoms with van der Waals surface area (Å²) in [6, 6.07) is 9.87. The molecule has 1 aliphatic heterocycles. The zero-order valence-electron chi connectivity index (χ0n) is 9.07. The van der Waals surface area contributed by atoms with Gasteiger partial charge in [-0.05, 0) is 34.6 Å². The molecular formula is C13H13IO2. The molecule has 1 heterocycles. The van der Waals surface area contributed by atoms with E-state index in [1.54, 1.807) is 0 Å². The van der Waals surface area contributed by atoms with Crippen molar-refractivity contribution in [1.82, 2.24) is 0 Å². The number of halogens is 1. The first kappa shape index (κ1) is 11.6. The predicted molar refractivity (Wildman–Crippen MR) is 71.2 cm³/mol. The Labute approximate surface area is 109 Å². The minimum Gasteiger partial charge on any atom is -0.449 e. The maximum Gasteiger partial charge on any atom is 0.335 e. The van der Waals surface area contributed by atoms with Crippen molar-refractivity contribution in [2.45, 2.75) is 25.9 Å². The lowest BCUT2D eigenvalue weighted by Gasteiger charge is -2.10. The number of hydrogen-bond acceptors (Lipinski definition) is 2. The Morgan fingerprint density at radius 2 is 2.00 bits per heavy atom. The first-order valence-corrected chi connectivity index (χ1v) is 6.46. The van der Waals surface area contributed by atoms with Gasteiger partial charge in [-0.25, -0.2) is 4.79 Å². The lowest BCUT2D eigenvalue weighted by Crippen LogP contribution is -2.02. The smallest absolute Gasteiger partial charge is 0.335 e. The lowest BCUT2D eigenvalue weighted by molar-refractivity contribution is -0.140. The molecule has 0 radical (unpaired) electrons. The van der Waals surface area contributed by atoms with Crippen LogP contribution in [0.25, 0.3) is 0 Å². The van der Waals surface area contributed by atoms with E-state index in [4.69, 9.17) is 4.74 Å². The van der Waals surface area contributed by atoms with E-state index in [9.17, 15) is 4.79 Å². The summed E-state index contributed by atoms with van der Waals surface area (Å²) in [4.78, 5) is 11.7. The van der Waals surface area contributed by atoms with Gasteiger partial charge in [0, 0.05) is 3.58 Å². The van der Waals surface area contributed by atoms with Gasteiger partial charge in [0.05, 0.1) is 5.57 Å². The number of cyclic esters (lactones) is 1. The second kappa shape index (κ2) is 4.99. The molecule has 0 amide bonds. The van der Waals surface area contributed by atoms with Gasteiger partial charge in [-0.1, -0.05) is 43.7 Å². The lowest BCUT2D eigenvalue weighted by atomic mass is 10.1. The highest BCUT2D eigenvalue weighted by Crippen LogP contribution is 2.40. The molecule has 1 aromatic rings. The summed E-state index contributed by atoms with van der Waals surface area (Å²) >= 11 is 2.23. The molecule has 0 fully saturated rings. The summed E-state index contributed by atoms with van der Waals surface area (Å²) in [6.07, 6.45) is 1.59. The average Bonchev–Trinajstić information content (AvgIpc) is 2.59. The monoisotopic (exact) mass is 328 g/mol. The van der Waals surface area contributed by atoms with Crippen molar-refractivity contribution in [2.24, 2.45) is 0 Å². The molecule has 84 valence electrons. The van der Waals surface area contributed by atoms with E-state index >= 15 is 0 Å². The van der Waals surface area contributed by atoms with Crippen molar-refractivity contribution in [2.75, 3.05) is 0 Å². The van der Waals surface area contributed by atoms with Crippen molar-refractivity contribution in [3.05, 3.63) is 45.0 Å². The highest BCUT2D eigenvalue weighted by Gasteiger charge is 2.32. The topological polar surface area (TPSA) is 26.3 Å². The van der Waals surface area contributed by atoms with Gasteiger partial charge in [-0.2, -0.15) is 0 Å². The molecule has 1 aromatic carbocycles. The summed E-state index contributed by atoms with van der Waals surface area (Å²) in [5, 5.41) is 0. The third kappa shape index (κ3) is 2.14. The van der Waals surface area contributed by atoms with Crippen molar-refractivity contribution in [3.8, 4) is 0 Å². The molecule has 2 nitrogen and oxygen atoms in total. The number of carbonyl (C=O) groups excluding carboxylic acids is 1. The molecule has 0 bridgehead atoms. The molecule has 16 heavy (non-hydrogen) atoms. The summed E-state index contributed by atoms with van der Waals surface area (Å²) < 4.78 is 6.44. The Hall–Kier alpha value is -0.840. The third-order valence-corrected chi connectivity index (χ3v) is 3.81. The molecule has 3 heteroatoms. The Morgan fingerprint density at radius 1 is 1.31 bits per heavy atom. The zero-order valence-corrected chi connectivity index (χ0v) is 11.2. The molecule has 0 saturated heterocycles. The van der Waals surface area contributed by atoms with Crippen LogP contribution >= 0.6 is 22.6 Å². The van der Waals surface area contributed by atoms with Gasteiger partial charge in [0.15, 0.2) is 6.10 Å². The number of hydrogen-bond donors (Lipinski definition) is 0. The summed E-state index contributed by atoms with van der Waals surface area (Å²) in [5.74, 6) is -0.153. The molecule has 1 atom stereocenters. The number of benzene rings is 1. The van der Waals surface area contributed by atoms with Crippen LogP contribution in [-0.4, -0.2) is 5.97 Å². The van der Waals surface area contributed by atoms with Crippen LogP contribution in [0.4, 0.5) is 0 Å². The van der Waals surface area contributed by atoms with Gasteiger partial charge in [-0.15, -0.1) is 0 Å². The van der Waals surface area contributed by atoms with Crippen molar-refractivity contribution < 1.29 is 9.53 Å². The van der Waals surface area contributed by atoms with Crippen LogP contribution in [0.1, 0.15) is 31.4 Å². The Bertz CT molecular complexity index is 423. The average molecular weight is 328 g/mol. The van der Waals surface area contributed by atoms with Crippen LogP contribution in [0.5, 0.6) is 0 Å². The fourth-order valence-electron chi connectivity index (χ4n) is 1.80. The number of esters is 1. The highest BCUT2D eigenvalue weighted by atomic mass is 127. The van der Waals surface area contributed by atoms with Gasteiger partial charge in [-0.3, -0.25) is 0 Å². The fourth-order valence-corrected chi connectivity index (χ4v) is 2.78. The van der Waals surface area contributed by atoms with Gasteiger partial charge in [0.1, 0.15) is 0 Å². The van der Waals surface area contributed by atoms with Crippen LogP contribution in [0.2, 0.25) is 0 Å². The number of ether oxygens (including phenoxy) is 1. The molecule has 0 aromatic heterocycles. The Morgan fingerprint density at radius 3 is 2.62 bits per heavy atom. The van der Waals surface area contributed by atoms with Crippen molar-refractivity contribution >= 4 is 28.6 Å².